The molecule has 9 heteroatoms. The Kier molecular flexibility index (Phi) is 4.30. The van der Waals surface area contributed by atoms with Gasteiger partial charge >= 0.3 is 7.12 Å². The summed E-state index contributed by atoms with van der Waals surface area (Å²) in [5.41, 5.74) is 12.0. The topological polar surface area (TPSA) is 118 Å². The lowest BCUT2D eigenvalue weighted by atomic mass is 9.85. The van der Waals surface area contributed by atoms with Crippen LogP contribution in [0.4, 0.5) is 11.6 Å². The molecule has 0 aliphatic carbocycles. The number of hydrogen-bond donors (Lipinski definition) is 2. The Hall–Kier alpha value is -2.39. The summed E-state index contributed by atoms with van der Waals surface area (Å²) in [4.78, 5) is 12.5. The first kappa shape index (κ1) is 17.4. The molecule has 2 aromatic heterocycles. The zero-order valence-electron chi connectivity index (χ0n) is 14.8. The minimum atomic E-state index is -0.628. The zero-order valence-corrected chi connectivity index (χ0v) is 14.8. The summed E-state index contributed by atoms with van der Waals surface area (Å²) in [5.74, 6) is 0.844. The highest BCUT2D eigenvalue weighted by molar-refractivity contribution is 6.61. The number of anilines is 2. The van der Waals surface area contributed by atoms with Gasteiger partial charge in [-0.15, -0.1) is 0 Å². The van der Waals surface area contributed by atoms with Gasteiger partial charge in [0.25, 0.3) is 5.88 Å². The van der Waals surface area contributed by atoms with Crippen molar-refractivity contribution in [3.8, 4) is 5.88 Å². The van der Waals surface area contributed by atoms with Crippen LogP contribution in [-0.4, -0.2) is 33.3 Å². The number of pyridine rings is 1. The minimum absolute atomic E-state index is 0.197. The molecular formula is C16H22BN5O3. The molecule has 0 saturated carbocycles. The second kappa shape index (κ2) is 6.16. The molecule has 1 aliphatic rings. The van der Waals surface area contributed by atoms with E-state index < -0.39 is 18.3 Å². The molecule has 8 nitrogen and oxygen atoms in total. The van der Waals surface area contributed by atoms with Gasteiger partial charge in [-0.05, 0) is 45.4 Å². The zero-order chi connectivity index (χ0) is 18.2. The van der Waals surface area contributed by atoms with Crippen LogP contribution >= 0.6 is 0 Å². The van der Waals surface area contributed by atoms with E-state index in [0.29, 0.717) is 11.4 Å². The quantitative estimate of drug-likeness (QED) is 0.787. The first-order valence-corrected chi connectivity index (χ1v) is 7.99. The van der Waals surface area contributed by atoms with Gasteiger partial charge in [0.1, 0.15) is 12.4 Å². The fourth-order valence-electron chi connectivity index (χ4n) is 2.31. The SMILES string of the molecule is CC1(C)OB(c2cnc(N)c(OCc3ccnc(N)c3)n2)OC1(C)C. The van der Waals surface area contributed by atoms with Gasteiger partial charge in [-0.1, -0.05) is 0 Å². The Bertz CT molecular complexity index is 768. The van der Waals surface area contributed by atoms with Crippen molar-refractivity contribution in [1.82, 2.24) is 15.0 Å². The predicted molar refractivity (Wildman–Crippen MR) is 95.1 cm³/mol. The Morgan fingerprint density at radius 3 is 2.44 bits per heavy atom. The molecule has 1 fully saturated rings. The molecular weight excluding hydrogens is 321 g/mol. The molecule has 3 rings (SSSR count). The van der Waals surface area contributed by atoms with Crippen molar-refractivity contribution in [3.63, 3.8) is 0 Å². The highest BCUT2D eigenvalue weighted by Gasteiger charge is 2.52. The van der Waals surface area contributed by atoms with Gasteiger partial charge < -0.3 is 25.5 Å². The van der Waals surface area contributed by atoms with Crippen LogP contribution in [0.5, 0.6) is 5.88 Å². The van der Waals surface area contributed by atoms with E-state index in [1.807, 2.05) is 27.7 Å². The van der Waals surface area contributed by atoms with Crippen LogP contribution in [0.15, 0.2) is 24.5 Å². The van der Waals surface area contributed by atoms with Gasteiger partial charge in [0.05, 0.1) is 16.8 Å². The smallest absolute Gasteiger partial charge is 0.470 e. The normalized spacial score (nSPS) is 18.3. The summed E-state index contributed by atoms with van der Waals surface area (Å²) in [6.45, 7) is 8.15. The van der Waals surface area contributed by atoms with Crippen molar-refractivity contribution in [2.24, 2.45) is 0 Å². The highest BCUT2D eigenvalue weighted by atomic mass is 16.7. The van der Waals surface area contributed by atoms with E-state index in [2.05, 4.69) is 15.0 Å². The molecule has 2 aromatic rings. The molecule has 0 atom stereocenters. The molecule has 1 saturated heterocycles. The first-order valence-electron chi connectivity index (χ1n) is 7.99. The number of aromatic nitrogens is 3. The molecule has 0 aromatic carbocycles. The molecule has 3 heterocycles. The summed E-state index contributed by atoms with van der Waals surface area (Å²) in [5, 5.41) is 0. The number of ether oxygens (including phenoxy) is 1. The van der Waals surface area contributed by atoms with Crippen LogP contribution in [0.2, 0.25) is 0 Å². The fourth-order valence-corrected chi connectivity index (χ4v) is 2.31. The number of nitrogens with zero attached hydrogens (tertiary/aromatic N) is 3. The van der Waals surface area contributed by atoms with Crippen LogP contribution in [0, 0.1) is 0 Å². The predicted octanol–water partition coefficient (Wildman–Crippen LogP) is 0.914. The second-order valence-corrected chi connectivity index (χ2v) is 6.95. The van der Waals surface area contributed by atoms with Gasteiger partial charge in [0.2, 0.25) is 0 Å². The van der Waals surface area contributed by atoms with E-state index in [9.17, 15) is 0 Å². The lowest BCUT2D eigenvalue weighted by Crippen LogP contribution is -2.41. The number of rotatable bonds is 4. The Morgan fingerprint density at radius 2 is 1.80 bits per heavy atom. The average Bonchev–Trinajstić information content (AvgIpc) is 2.75. The number of nitrogens with two attached hydrogens (primary N) is 2. The van der Waals surface area contributed by atoms with E-state index in [-0.39, 0.29) is 18.3 Å². The fraction of sp³-hybridized carbons (Fsp3) is 0.438. The third kappa shape index (κ3) is 3.52. The number of nitrogen functional groups attached to an aromatic ring is 2. The van der Waals surface area contributed by atoms with Crippen molar-refractivity contribution in [3.05, 3.63) is 30.1 Å². The third-order valence-electron chi connectivity index (χ3n) is 4.50. The lowest BCUT2D eigenvalue weighted by Gasteiger charge is -2.32. The molecule has 0 spiro atoms. The summed E-state index contributed by atoms with van der Waals surface area (Å²) in [6.07, 6.45) is 3.15. The third-order valence-corrected chi connectivity index (χ3v) is 4.50. The summed E-state index contributed by atoms with van der Waals surface area (Å²) < 4.78 is 17.6. The molecule has 132 valence electrons. The van der Waals surface area contributed by atoms with Crippen LogP contribution in [0.3, 0.4) is 0 Å². The first-order chi connectivity index (χ1) is 11.7. The Morgan fingerprint density at radius 1 is 1.12 bits per heavy atom. The standard InChI is InChI=1S/C16H22BN5O3/c1-15(2)16(3,4)25-17(24-15)11-8-21-13(19)14(22-11)23-9-10-5-6-20-12(18)7-10/h5-8H,9H2,1-4H3,(H2,18,20)(H2,19,21). The molecule has 0 amide bonds. The van der Waals surface area contributed by atoms with E-state index in [4.69, 9.17) is 25.5 Å². The van der Waals surface area contributed by atoms with E-state index in [1.165, 1.54) is 6.20 Å². The monoisotopic (exact) mass is 343 g/mol. The number of hydrogen-bond acceptors (Lipinski definition) is 8. The van der Waals surface area contributed by atoms with Crippen LogP contribution in [0.1, 0.15) is 33.3 Å². The molecule has 0 bridgehead atoms. The second-order valence-electron chi connectivity index (χ2n) is 6.95. The maximum absolute atomic E-state index is 5.98. The Balaban J connectivity index is 1.77. The molecule has 0 radical (unpaired) electrons. The van der Waals surface area contributed by atoms with Crippen molar-refractivity contribution in [2.75, 3.05) is 11.5 Å². The van der Waals surface area contributed by atoms with E-state index in [1.54, 1.807) is 18.3 Å². The van der Waals surface area contributed by atoms with Crippen LogP contribution in [-0.2, 0) is 15.9 Å². The van der Waals surface area contributed by atoms with Crippen molar-refractivity contribution < 1.29 is 14.0 Å². The maximum atomic E-state index is 5.98. The molecule has 0 unspecified atom stereocenters. The van der Waals surface area contributed by atoms with E-state index in [0.717, 1.165) is 5.56 Å². The highest BCUT2D eigenvalue weighted by Crippen LogP contribution is 2.36. The van der Waals surface area contributed by atoms with Gasteiger partial charge in [-0.25, -0.2) is 15.0 Å². The summed E-state index contributed by atoms with van der Waals surface area (Å²) >= 11 is 0. The molecule has 1 aliphatic heterocycles. The molecule has 25 heavy (non-hydrogen) atoms. The van der Waals surface area contributed by atoms with Gasteiger partial charge in [0, 0.05) is 12.4 Å². The van der Waals surface area contributed by atoms with Gasteiger partial charge in [0.15, 0.2) is 5.82 Å². The van der Waals surface area contributed by atoms with Crippen LogP contribution in [0.25, 0.3) is 0 Å². The van der Waals surface area contributed by atoms with Crippen molar-refractivity contribution in [1.29, 1.82) is 0 Å². The van der Waals surface area contributed by atoms with Crippen molar-refractivity contribution in [2.45, 2.75) is 45.5 Å². The van der Waals surface area contributed by atoms with Gasteiger partial charge in [-0.3, -0.25) is 0 Å². The maximum Gasteiger partial charge on any atom is 0.516 e. The molecule has 4 N–H and O–H groups in total. The van der Waals surface area contributed by atoms with Gasteiger partial charge in [-0.2, -0.15) is 0 Å². The minimum Gasteiger partial charge on any atom is -0.470 e. The van der Waals surface area contributed by atoms with Crippen molar-refractivity contribution >= 4 is 24.3 Å². The largest absolute Gasteiger partial charge is 0.516 e. The average molecular weight is 343 g/mol. The summed E-state index contributed by atoms with van der Waals surface area (Å²) in [7, 11) is -0.628. The summed E-state index contributed by atoms with van der Waals surface area (Å²) in [6, 6.07) is 3.53. The van der Waals surface area contributed by atoms with Crippen LogP contribution < -0.4 is 21.8 Å². The lowest BCUT2D eigenvalue weighted by molar-refractivity contribution is 0.00578. The van der Waals surface area contributed by atoms with E-state index >= 15 is 0 Å². The Labute approximate surface area is 147 Å².